The first-order chi connectivity index (χ1) is 19.2. The van der Waals surface area contributed by atoms with Crippen molar-refractivity contribution in [1.29, 1.82) is 0 Å². The Morgan fingerprint density at radius 2 is 1.92 bits per heavy atom. The number of hydrogen-bond acceptors (Lipinski definition) is 5. The number of anilines is 1. The summed E-state index contributed by atoms with van der Waals surface area (Å²) >= 11 is 0. The van der Waals surface area contributed by atoms with Crippen molar-refractivity contribution >= 4 is 12.0 Å². The molecule has 5 rings (SSSR count). The molecule has 2 saturated heterocycles. The number of carbonyl (C=O) groups excluding carboxylic acids is 1. The quantitative estimate of drug-likeness (QED) is 0.306. The van der Waals surface area contributed by atoms with E-state index in [1.165, 1.54) is 30.5 Å². The molecular formula is C34H49N3O2. The standard InChI is InChI=1S/C21H26N2O2.C11H17N.C2H6/c24-11-10-23-15-18(16-4-7-21-17(13-16)8-12-25-21)14-20(23)6-5-19-3-1-2-9-22-19;1-3-4-10-12(2)11-8-6-5-7-9-11;1-2/h1-3,7,9,11,13,16,18,20H,4-6,8,10,12,14-15H2;5-9H,3-4,10H2,1-2H3;1-2H3. The van der Waals surface area contributed by atoms with Gasteiger partial charge in [-0.05, 0) is 79.9 Å². The van der Waals surface area contributed by atoms with Gasteiger partial charge >= 0.3 is 0 Å². The highest BCUT2D eigenvalue weighted by Crippen LogP contribution is 2.39. The number of carbonyl (C=O) groups is 1. The molecule has 0 bridgehead atoms. The lowest BCUT2D eigenvalue weighted by molar-refractivity contribution is -0.109. The topological polar surface area (TPSA) is 45.7 Å². The van der Waals surface area contributed by atoms with E-state index in [1.54, 1.807) is 0 Å². The number of aldehydes is 1. The van der Waals surface area contributed by atoms with E-state index in [-0.39, 0.29) is 0 Å². The number of ether oxygens (including phenoxy) is 1. The normalized spacial score (nSPS) is 21.7. The Labute approximate surface area is 237 Å². The van der Waals surface area contributed by atoms with Crippen molar-refractivity contribution in [3.05, 3.63) is 83.9 Å². The van der Waals surface area contributed by atoms with Gasteiger partial charge in [-0.2, -0.15) is 0 Å². The van der Waals surface area contributed by atoms with Gasteiger partial charge in [-0.15, -0.1) is 0 Å². The van der Waals surface area contributed by atoms with E-state index in [0.29, 0.717) is 24.4 Å². The summed E-state index contributed by atoms with van der Waals surface area (Å²) in [6.45, 7) is 9.79. The number of rotatable bonds is 10. The summed E-state index contributed by atoms with van der Waals surface area (Å²) in [5.41, 5.74) is 3.86. The average molecular weight is 532 g/mol. The van der Waals surface area contributed by atoms with E-state index in [4.69, 9.17) is 4.74 Å². The Morgan fingerprint density at radius 3 is 2.64 bits per heavy atom. The van der Waals surface area contributed by atoms with Crippen molar-refractivity contribution in [3.63, 3.8) is 0 Å². The van der Waals surface area contributed by atoms with E-state index in [1.807, 2.05) is 32.2 Å². The van der Waals surface area contributed by atoms with Gasteiger partial charge in [0, 0.05) is 50.2 Å². The number of benzene rings is 1. The Morgan fingerprint density at radius 1 is 1.13 bits per heavy atom. The minimum Gasteiger partial charge on any atom is -0.493 e. The second-order valence-electron chi connectivity index (χ2n) is 10.5. The molecule has 212 valence electrons. The molecule has 39 heavy (non-hydrogen) atoms. The van der Waals surface area contributed by atoms with Gasteiger partial charge in [0.1, 0.15) is 12.0 Å². The number of unbranched alkanes of at least 4 members (excludes halogenated alkanes) is 1. The maximum Gasteiger partial charge on any atom is 0.133 e. The highest BCUT2D eigenvalue weighted by atomic mass is 16.5. The zero-order valence-corrected chi connectivity index (χ0v) is 24.6. The molecule has 5 heteroatoms. The van der Waals surface area contributed by atoms with Crippen LogP contribution >= 0.6 is 0 Å². The highest BCUT2D eigenvalue weighted by molar-refractivity contribution is 5.52. The molecule has 5 nitrogen and oxygen atoms in total. The number of hydrogen-bond donors (Lipinski definition) is 0. The van der Waals surface area contributed by atoms with Crippen molar-refractivity contribution in [2.45, 2.75) is 71.8 Å². The van der Waals surface area contributed by atoms with Gasteiger partial charge in [-0.1, -0.05) is 57.5 Å². The average Bonchev–Trinajstić information content (AvgIpc) is 3.64. The van der Waals surface area contributed by atoms with Gasteiger partial charge in [0.15, 0.2) is 0 Å². The third-order valence-electron chi connectivity index (χ3n) is 7.91. The molecular weight excluding hydrogens is 482 g/mol. The van der Waals surface area contributed by atoms with Crippen LogP contribution in [-0.2, 0) is 16.0 Å². The summed E-state index contributed by atoms with van der Waals surface area (Å²) in [7, 11) is 2.14. The van der Waals surface area contributed by atoms with Crippen molar-refractivity contribution in [3.8, 4) is 0 Å². The molecule has 0 radical (unpaired) electrons. The van der Waals surface area contributed by atoms with E-state index in [2.05, 4.69) is 77.3 Å². The molecule has 0 amide bonds. The largest absolute Gasteiger partial charge is 0.493 e. The lowest BCUT2D eigenvalue weighted by Crippen LogP contribution is -2.32. The van der Waals surface area contributed by atoms with Crippen LogP contribution in [0.1, 0.15) is 65.0 Å². The van der Waals surface area contributed by atoms with Crippen LogP contribution in [0.5, 0.6) is 0 Å². The maximum atomic E-state index is 11.1. The number of para-hydroxylation sites is 1. The van der Waals surface area contributed by atoms with E-state index in [0.717, 1.165) is 63.1 Å². The lowest BCUT2D eigenvalue weighted by atomic mass is 9.82. The summed E-state index contributed by atoms with van der Waals surface area (Å²) in [6.07, 6.45) is 15.5. The fraction of sp³-hybridized carbons (Fsp3) is 0.529. The lowest BCUT2D eigenvalue weighted by Gasteiger charge is -2.23. The zero-order chi connectivity index (χ0) is 27.9. The predicted octanol–water partition coefficient (Wildman–Crippen LogP) is 7.10. The number of nitrogens with zero attached hydrogens (tertiary/aromatic N) is 3. The second kappa shape index (κ2) is 16.9. The van der Waals surface area contributed by atoms with Crippen LogP contribution in [0.2, 0.25) is 0 Å². The summed E-state index contributed by atoms with van der Waals surface area (Å²) in [4.78, 5) is 20.2. The number of likely N-dealkylation sites (tertiary alicyclic amines) is 1. The third kappa shape index (κ3) is 9.35. The van der Waals surface area contributed by atoms with E-state index >= 15 is 0 Å². The molecule has 2 aliphatic heterocycles. The highest BCUT2D eigenvalue weighted by Gasteiger charge is 2.36. The van der Waals surface area contributed by atoms with Crippen LogP contribution in [0.4, 0.5) is 5.69 Å². The number of aryl methyl sites for hydroxylation is 1. The zero-order valence-electron chi connectivity index (χ0n) is 24.6. The van der Waals surface area contributed by atoms with Gasteiger partial charge in [-0.25, -0.2) is 0 Å². The minimum absolute atomic E-state index is 0.487. The van der Waals surface area contributed by atoms with Gasteiger partial charge in [0.25, 0.3) is 0 Å². The van der Waals surface area contributed by atoms with Crippen LogP contribution in [0.3, 0.4) is 0 Å². The molecule has 0 saturated carbocycles. The molecule has 1 aromatic heterocycles. The first-order valence-electron chi connectivity index (χ1n) is 15.1. The Balaban J connectivity index is 0.000000253. The van der Waals surface area contributed by atoms with Crippen LogP contribution in [0.15, 0.2) is 78.2 Å². The number of allylic oxidation sites excluding steroid dienone is 3. The summed E-state index contributed by atoms with van der Waals surface area (Å²) in [5, 5.41) is 0. The molecule has 3 heterocycles. The molecule has 3 atom stereocenters. The summed E-state index contributed by atoms with van der Waals surface area (Å²) in [6, 6.07) is 17.1. The fourth-order valence-corrected chi connectivity index (χ4v) is 5.76. The molecule has 3 unspecified atom stereocenters. The van der Waals surface area contributed by atoms with Crippen LogP contribution in [0.25, 0.3) is 0 Å². The number of pyridine rings is 1. The molecule has 2 fully saturated rings. The van der Waals surface area contributed by atoms with E-state index in [9.17, 15) is 4.79 Å². The molecule has 2 aromatic rings. The predicted molar refractivity (Wildman–Crippen MR) is 163 cm³/mol. The summed E-state index contributed by atoms with van der Waals surface area (Å²) < 4.78 is 5.67. The van der Waals surface area contributed by atoms with Crippen molar-refractivity contribution in [2.24, 2.45) is 11.8 Å². The molecule has 0 N–H and O–H groups in total. The smallest absolute Gasteiger partial charge is 0.133 e. The van der Waals surface area contributed by atoms with Gasteiger partial charge in [-0.3, -0.25) is 9.88 Å². The Kier molecular flexibility index (Phi) is 13.3. The molecule has 1 aromatic carbocycles. The van der Waals surface area contributed by atoms with Gasteiger partial charge in [0.05, 0.1) is 13.2 Å². The van der Waals surface area contributed by atoms with Gasteiger partial charge < -0.3 is 14.4 Å². The maximum absolute atomic E-state index is 11.1. The van der Waals surface area contributed by atoms with E-state index < -0.39 is 0 Å². The van der Waals surface area contributed by atoms with Crippen LogP contribution in [-0.4, -0.2) is 55.5 Å². The molecule has 3 aliphatic rings. The van der Waals surface area contributed by atoms with Crippen molar-refractivity contribution in [2.75, 3.05) is 38.2 Å². The van der Waals surface area contributed by atoms with Crippen LogP contribution in [0, 0.1) is 11.8 Å². The van der Waals surface area contributed by atoms with Gasteiger partial charge in [0.2, 0.25) is 0 Å². The Hall–Kier alpha value is -2.92. The van der Waals surface area contributed by atoms with Crippen molar-refractivity contribution < 1.29 is 9.53 Å². The Bertz CT molecular complexity index is 1020. The fourth-order valence-electron chi connectivity index (χ4n) is 5.76. The number of aromatic nitrogens is 1. The minimum atomic E-state index is 0.487. The van der Waals surface area contributed by atoms with Crippen LogP contribution < -0.4 is 4.90 Å². The SMILES string of the molecule is CC.CCCCN(C)c1ccccc1.O=CCN1CC(C2C=C3CCOC3=CC2)CC1CCc1ccccn1. The van der Waals surface area contributed by atoms with Crippen molar-refractivity contribution in [1.82, 2.24) is 9.88 Å². The summed E-state index contributed by atoms with van der Waals surface area (Å²) in [5.74, 6) is 2.35. The first kappa shape index (κ1) is 30.6. The molecule has 1 aliphatic carbocycles. The second-order valence-corrected chi connectivity index (χ2v) is 10.5. The third-order valence-corrected chi connectivity index (χ3v) is 7.91. The number of fused-ring (bicyclic) bond motifs is 1. The first-order valence-corrected chi connectivity index (χ1v) is 15.1. The monoisotopic (exact) mass is 531 g/mol. The molecule has 0 spiro atoms.